The van der Waals surface area contributed by atoms with Crippen LogP contribution in [0.15, 0.2) is 0 Å². The molecule has 126 valence electrons. The van der Waals surface area contributed by atoms with Crippen molar-refractivity contribution in [2.24, 2.45) is 0 Å². The van der Waals surface area contributed by atoms with Gasteiger partial charge in [-0.3, -0.25) is 9.48 Å². The van der Waals surface area contributed by atoms with E-state index in [1.54, 1.807) is 0 Å². The number of halogens is 4. The van der Waals surface area contributed by atoms with E-state index in [1.165, 1.54) is 6.92 Å². The lowest BCUT2D eigenvalue weighted by atomic mass is 10.3. The van der Waals surface area contributed by atoms with Crippen molar-refractivity contribution in [3.05, 3.63) is 16.4 Å². The third-order valence-corrected chi connectivity index (χ3v) is 3.51. The molecule has 5 nitrogen and oxygen atoms in total. The van der Waals surface area contributed by atoms with Crippen LogP contribution in [0.4, 0.5) is 13.2 Å². The van der Waals surface area contributed by atoms with Crippen molar-refractivity contribution >= 4 is 17.5 Å². The molecular formula is C13H20ClF3N4O. The van der Waals surface area contributed by atoms with Gasteiger partial charge in [0.05, 0.1) is 17.3 Å². The predicted octanol–water partition coefficient (Wildman–Crippen LogP) is 2.32. The van der Waals surface area contributed by atoms with E-state index in [4.69, 9.17) is 11.6 Å². The van der Waals surface area contributed by atoms with Gasteiger partial charge < -0.3 is 10.2 Å². The molecule has 0 unspecified atom stereocenters. The van der Waals surface area contributed by atoms with Gasteiger partial charge in [-0.25, -0.2) is 0 Å². The van der Waals surface area contributed by atoms with E-state index in [2.05, 4.69) is 10.4 Å². The van der Waals surface area contributed by atoms with Crippen molar-refractivity contribution in [1.29, 1.82) is 0 Å². The van der Waals surface area contributed by atoms with E-state index >= 15 is 0 Å². The molecule has 0 aromatic carbocycles. The normalized spacial score (nSPS) is 12.0. The molecule has 0 saturated carbocycles. The molecule has 1 rings (SSSR count). The molecule has 0 aliphatic carbocycles. The summed E-state index contributed by atoms with van der Waals surface area (Å²) in [5.41, 5.74) is -0.910. The third kappa shape index (κ3) is 5.49. The lowest BCUT2D eigenvalue weighted by Crippen LogP contribution is -2.28. The quantitative estimate of drug-likeness (QED) is 0.775. The van der Waals surface area contributed by atoms with Gasteiger partial charge in [0.2, 0.25) is 5.91 Å². The number of aryl methyl sites for hydroxylation is 1. The maximum Gasteiger partial charge on any atom is 0.436 e. The van der Waals surface area contributed by atoms with Crippen LogP contribution in [0.3, 0.4) is 0 Å². The Kier molecular flexibility index (Phi) is 6.67. The average molecular weight is 341 g/mol. The van der Waals surface area contributed by atoms with Gasteiger partial charge >= 0.3 is 6.18 Å². The highest BCUT2D eigenvalue weighted by molar-refractivity contribution is 6.31. The van der Waals surface area contributed by atoms with E-state index in [0.29, 0.717) is 6.54 Å². The van der Waals surface area contributed by atoms with Crippen LogP contribution in [0, 0.1) is 6.92 Å². The number of nitrogens with one attached hydrogen (secondary N) is 1. The first-order valence-corrected chi connectivity index (χ1v) is 7.22. The predicted molar refractivity (Wildman–Crippen MR) is 77.8 cm³/mol. The number of aromatic nitrogens is 2. The number of amides is 1. The Labute approximate surface area is 132 Å². The summed E-state index contributed by atoms with van der Waals surface area (Å²) in [4.78, 5) is 13.6. The molecule has 1 aromatic rings. The largest absolute Gasteiger partial charge is 0.436 e. The van der Waals surface area contributed by atoms with Gasteiger partial charge in [-0.15, -0.1) is 0 Å². The molecule has 0 aliphatic rings. The van der Waals surface area contributed by atoms with E-state index in [1.807, 2.05) is 19.0 Å². The van der Waals surface area contributed by atoms with Crippen LogP contribution in [0.1, 0.15) is 24.2 Å². The summed E-state index contributed by atoms with van der Waals surface area (Å²) in [6, 6.07) is 0. The van der Waals surface area contributed by atoms with Crippen LogP contribution < -0.4 is 5.32 Å². The van der Waals surface area contributed by atoms with Crippen molar-refractivity contribution in [3.8, 4) is 0 Å². The van der Waals surface area contributed by atoms with E-state index in [9.17, 15) is 18.0 Å². The minimum absolute atomic E-state index is 0.0537. The van der Waals surface area contributed by atoms with Crippen molar-refractivity contribution in [2.45, 2.75) is 32.5 Å². The maximum atomic E-state index is 12.7. The third-order valence-electron chi connectivity index (χ3n) is 3.06. The molecule has 0 bridgehead atoms. The molecule has 0 saturated heterocycles. The summed E-state index contributed by atoms with van der Waals surface area (Å²) >= 11 is 5.64. The van der Waals surface area contributed by atoms with Crippen LogP contribution >= 0.6 is 11.6 Å². The Morgan fingerprint density at radius 3 is 2.55 bits per heavy atom. The number of alkyl halides is 3. The first-order chi connectivity index (χ1) is 10.1. The summed E-state index contributed by atoms with van der Waals surface area (Å²) in [5, 5.41) is 5.75. The standard InChI is InChI=1S/C13H20ClF3N4O/c1-9-11(14)12(13(15,16)17)19-21(9)8-5-10(22)18-6-4-7-20(2)3/h4-8H2,1-3H3,(H,18,22). The molecule has 1 heterocycles. The van der Waals surface area contributed by atoms with Gasteiger partial charge in [-0.1, -0.05) is 11.6 Å². The second-order valence-electron chi connectivity index (χ2n) is 5.23. The van der Waals surface area contributed by atoms with Crippen LogP contribution in [0.5, 0.6) is 0 Å². The van der Waals surface area contributed by atoms with Crippen molar-refractivity contribution in [2.75, 3.05) is 27.2 Å². The number of hydrogen-bond donors (Lipinski definition) is 1. The van der Waals surface area contributed by atoms with E-state index in [-0.39, 0.29) is 24.6 Å². The highest BCUT2D eigenvalue weighted by Gasteiger charge is 2.38. The Bertz CT molecular complexity index is 514. The van der Waals surface area contributed by atoms with Crippen molar-refractivity contribution in [3.63, 3.8) is 0 Å². The summed E-state index contributed by atoms with van der Waals surface area (Å²) < 4.78 is 39.1. The number of carbonyl (C=O) groups is 1. The van der Waals surface area contributed by atoms with Gasteiger partial charge in [0.15, 0.2) is 5.69 Å². The molecular weight excluding hydrogens is 321 g/mol. The molecule has 0 aliphatic heterocycles. The zero-order valence-corrected chi connectivity index (χ0v) is 13.6. The SMILES string of the molecule is Cc1c(Cl)c(C(F)(F)F)nn1CCC(=O)NCCCN(C)C. The first kappa shape index (κ1) is 18.8. The average Bonchev–Trinajstić information content (AvgIpc) is 2.68. The molecule has 0 radical (unpaired) electrons. The fourth-order valence-corrected chi connectivity index (χ4v) is 2.08. The highest BCUT2D eigenvalue weighted by atomic mass is 35.5. The van der Waals surface area contributed by atoms with Gasteiger partial charge in [0.1, 0.15) is 0 Å². The first-order valence-electron chi connectivity index (χ1n) is 6.84. The van der Waals surface area contributed by atoms with Crippen molar-refractivity contribution in [1.82, 2.24) is 20.0 Å². The second kappa shape index (κ2) is 7.82. The van der Waals surface area contributed by atoms with E-state index < -0.39 is 16.9 Å². The fraction of sp³-hybridized carbons (Fsp3) is 0.692. The smallest absolute Gasteiger partial charge is 0.356 e. The Morgan fingerprint density at radius 1 is 1.41 bits per heavy atom. The van der Waals surface area contributed by atoms with Gasteiger partial charge in [0, 0.05) is 13.0 Å². The number of carbonyl (C=O) groups excluding carboxylic acids is 1. The van der Waals surface area contributed by atoms with Crippen LogP contribution in [-0.2, 0) is 17.5 Å². The fourth-order valence-electron chi connectivity index (χ4n) is 1.84. The zero-order chi connectivity index (χ0) is 16.9. The number of rotatable bonds is 7. The van der Waals surface area contributed by atoms with Gasteiger partial charge in [0.25, 0.3) is 0 Å². The molecule has 1 amide bonds. The topological polar surface area (TPSA) is 50.2 Å². The summed E-state index contributed by atoms with van der Waals surface area (Å²) in [6.45, 7) is 2.88. The summed E-state index contributed by atoms with van der Waals surface area (Å²) in [5.74, 6) is -0.224. The number of nitrogens with zero attached hydrogens (tertiary/aromatic N) is 3. The molecule has 0 atom stereocenters. The Morgan fingerprint density at radius 2 is 2.05 bits per heavy atom. The molecule has 0 fully saturated rings. The highest BCUT2D eigenvalue weighted by Crippen LogP contribution is 2.35. The minimum Gasteiger partial charge on any atom is -0.356 e. The van der Waals surface area contributed by atoms with Gasteiger partial charge in [-0.05, 0) is 34.0 Å². The molecule has 1 aromatic heterocycles. The zero-order valence-electron chi connectivity index (χ0n) is 12.8. The summed E-state index contributed by atoms with van der Waals surface area (Å²) in [6.07, 6.45) is -3.73. The number of hydrogen-bond acceptors (Lipinski definition) is 3. The monoisotopic (exact) mass is 340 g/mol. The Balaban J connectivity index is 2.50. The van der Waals surface area contributed by atoms with Crippen LogP contribution in [0.2, 0.25) is 5.02 Å². The van der Waals surface area contributed by atoms with Crippen LogP contribution in [0.25, 0.3) is 0 Å². The lowest BCUT2D eigenvalue weighted by Gasteiger charge is -2.10. The Hall–Kier alpha value is -1.28. The van der Waals surface area contributed by atoms with E-state index in [0.717, 1.165) is 17.6 Å². The lowest BCUT2D eigenvalue weighted by molar-refractivity contribution is -0.141. The van der Waals surface area contributed by atoms with Crippen LogP contribution in [-0.4, -0.2) is 47.8 Å². The molecule has 1 N–H and O–H groups in total. The maximum absolute atomic E-state index is 12.7. The second-order valence-corrected chi connectivity index (χ2v) is 5.60. The minimum atomic E-state index is -4.60. The van der Waals surface area contributed by atoms with Gasteiger partial charge in [-0.2, -0.15) is 18.3 Å². The molecule has 22 heavy (non-hydrogen) atoms. The molecule has 0 spiro atoms. The van der Waals surface area contributed by atoms with Crippen molar-refractivity contribution < 1.29 is 18.0 Å². The molecule has 9 heteroatoms. The summed E-state index contributed by atoms with van der Waals surface area (Å²) in [7, 11) is 3.87.